The maximum Gasteiger partial charge on any atom is 0.231 e. The lowest BCUT2D eigenvalue weighted by Crippen LogP contribution is -2.40. The van der Waals surface area contributed by atoms with E-state index in [2.05, 4.69) is 15.6 Å². The van der Waals surface area contributed by atoms with Crippen molar-refractivity contribution in [3.63, 3.8) is 0 Å². The van der Waals surface area contributed by atoms with Gasteiger partial charge in [-0.25, -0.2) is 9.37 Å². The van der Waals surface area contributed by atoms with E-state index in [0.29, 0.717) is 35.8 Å². The Balaban J connectivity index is 1.68. The predicted molar refractivity (Wildman–Crippen MR) is 88.4 cm³/mol. The van der Waals surface area contributed by atoms with E-state index in [0.717, 1.165) is 0 Å². The van der Waals surface area contributed by atoms with Gasteiger partial charge < -0.3 is 15.4 Å². The third-order valence-corrected chi connectivity index (χ3v) is 4.58. The Bertz CT molecular complexity index is 768. The van der Waals surface area contributed by atoms with Gasteiger partial charge in [-0.15, -0.1) is 11.3 Å². The van der Waals surface area contributed by atoms with E-state index >= 15 is 0 Å². The molecule has 0 spiro atoms. The van der Waals surface area contributed by atoms with Crippen molar-refractivity contribution in [1.29, 1.82) is 0 Å². The first kappa shape index (κ1) is 16.4. The molecule has 6 nitrogen and oxygen atoms in total. The highest BCUT2D eigenvalue weighted by Crippen LogP contribution is 2.28. The molecule has 1 aromatic heterocycles. The number of thiazole rings is 1. The number of anilines is 1. The molecule has 1 aromatic carbocycles. The highest BCUT2D eigenvalue weighted by Gasteiger charge is 2.25. The van der Waals surface area contributed by atoms with E-state index in [1.807, 2.05) is 0 Å². The van der Waals surface area contributed by atoms with Crippen molar-refractivity contribution in [1.82, 2.24) is 10.3 Å². The summed E-state index contributed by atoms with van der Waals surface area (Å²) in [6.45, 7) is 0.340. The van der Waals surface area contributed by atoms with Crippen LogP contribution >= 0.6 is 11.3 Å². The molecule has 0 radical (unpaired) electrons. The number of carbonyl (C=O) groups excluding carboxylic acids is 2. The SMILES string of the molecule is COc1ccc(-c2csc(NC(=O)[C@H]3CCC(=O)NC3)n2)cc1F. The van der Waals surface area contributed by atoms with Crippen LogP contribution in [0.3, 0.4) is 0 Å². The molecule has 0 bridgehead atoms. The van der Waals surface area contributed by atoms with Crippen LogP contribution in [0.2, 0.25) is 0 Å². The van der Waals surface area contributed by atoms with Gasteiger partial charge in [-0.2, -0.15) is 0 Å². The first-order valence-corrected chi connectivity index (χ1v) is 8.32. The highest BCUT2D eigenvalue weighted by molar-refractivity contribution is 7.14. The van der Waals surface area contributed by atoms with E-state index in [4.69, 9.17) is 4.74 Å². The minimum atomic E-state index is -0.466. The monoisotopic (exact) mass is 349 g/mol. The van der Waals surface area contributed by atoms with Gasteiger partial charge in [-0.1, -0.05) is 0 Å². The summed E-state index contributed by atoms with van der Waals surface area (Å²) in [6, 6.07) is 4.59. The van der Waals surface area contributed by atoms with Crippen LogP contribution in [0.4, 0.5) is 9.52 Å². The van der Waals surface area contributed by atoms with E-state index in [-0.39, 0.29) is 23.5 Å². The number of nitrogens with zero attached hydrogens (tertiary/aromatic N) is 1. The number of benzene rings is 1. The minimum absolute atomic E-state index is 0.0304. The zero-order valence-corrected chi connectivity index (χ0v) is 13.8. The maximum atomic E-state index is 13.8. The quantitative estimate of drug-likeness (QED) is 0.888. The molecule has 2 N–H and O–H groups in total. The third kappa shape index (κ3) is 3.53. The number of methoxy groups -OCH3 is 1. The topological polar surface area (TPSA) is 80.3 Å². The van der Waals surface area contributed by atoms with Crippen LogP contribution in [0.25, 0.3) is 11.3 Å². The molecule has 0 saturated carbocycles. The lowest BCUT2D eigenvalue weighted by Gasteiger charge is -2.20. The fourth-order valence-corrected chi connectivity index (χ4v) is 3.18. The molecule has 1 saturated heterocycles. The van der Waals surface area contributed by atoms with Crippen molar-refractivity contribution in [2.24, 2.45) is 5.92 Å². The third-order valence-electron chi connectivity index (χ3n) is 3.82. The molecule has 126 valence electrons. The number of rotatable bonds is 4. The van der Waals surface area contributed by atoms with E-state index in [1.165, 1.54) is 30.6 Å². The average Bonchev–Trinajstić information content (AvgIpc) is 3.04. The van der Waals surface area contributed by atoms with Crippen LogP contribution in [-0.4, -0.2) is 30.5 Å². The van der Waals surface area contributed by atoms with Gasteiger partial charge in [0.2, 0.25) is 11.8 Å². The summed E-state index contributed by atoms with van der Waals surface area (Å²) in [5.74, 6) is -0.754. The molecule has 24 heavy (non-hydrogen) atoms. The van der Waals surface area contributed by atoms with Gasteiger partial charge >= 0.3 is 0 Å². The molecule has 1 aliphatic rings. The number of hydrogen-bond acceptors (Lipinski definition) is 5. The van der Waals surface area contributed by atoms with E-state index < -0.39 is 5.82 Å². The summed E-state index contributed by atoms with van der Waals surface area (Å²) in [5.41, 5.74) is 1.18. The van der Waals surface area contributed by atoms with Crippen LogP contribution in [0, 0.1) is 11.7 Å². The van der Waals surface area contributed by atoms with E-state index in [9.17, 15) is 14.0 Å². The maximum absolute atomic E-state index is 13.8. The summed E-state index contributed by atoms with van der Waals surface area (Å²) in [5, 5.41) is 7.63. The molecular formula is C16H16FN3O3S. The zero-order chi connectivity index (χ0) is 17.1. The molecule has 1 fully saturated rings. The lowest BCUT2D eigenvalue weighted by atomic mass is 9.98. The smallest absolute Gasteiger partial charge is 0.231 e. The Labute approximate surface area is 142 Å². The first-order valence-electron chi connectivity index (χ1n) is 7.44. The Morgan fingerprint density at radius 1 is 1.50 bits per heavy atom. The molecule has 0 aliphatic carbocycles. The average molecular weight is 349 g/mol. The van der Waals surface area contributed by atoms with Crippen molar-refractivity contribution in [3.05, 3.63) is 29.4 Å². The van der Waals surface area contributed by atoms with Crippen LogP contribution in [0.5, 0.6) is 5.75 Å². The summed E-state index contributed by atoms with van der Waals surface area (Å²) in [7, 11) is 1.41. The second kappa shape index (κ2) is 6.96. The number of aromatic nitrogens is 1. The van der Waals surface area contributed by atoms with Crippen LogP contribution in [0.1, 0.15) is 12.8 Å². The molecule has 0 unspecified atom stereocenters. The predicted octanol–water partition coefficient (Wildman–Crippen LogP) is 2.42. The number of nitrogens with one attached hydrogen (secondary N) is 2. The molecular weight excluding hydrogens is 333 g/mol. The Morgan fingerprint density at radius 2 is 2.33 bits per heavy atom. The Morgan fingerprint density at radius 3 is 3.00 bits per heavy atom. The second-order valence-electron chi connectivity index (χ2n) is 5.42. The number of hydrogen-bond donors (Lipinski definition) is 2. The number of amides is 2. The van der Waals surface area contributed by atoms with Crippen molar-refractivity contribution >= 4 is 28.3 Å². The van der Waals surface area contributed by atoms with Gasteiger partial charge in [0.05, 0.1) is 18.7 Å². The lowest BCUT2D eigenvalue weighted by molar-refractivity contribution is -0.126. The fourth-order valence-electron chi connectivity index (χ4n) is 2.45. The normalized spacial score (nSPS) is 17.2. The van der Waals surface area contributed by atoms with Gasteiger partial charge in [0.15, 0.2) is 16.7 Å². The van der Waals surface area contributed by atoms with Crippen molar-refractivity contribution < 1.29 is 18.7 Å². The highest BCUT2D eigenvalue weighted by atomic mass is 32.1. The second-order valence-corrected chi connectivity index (χ2v) is 6.27. The van der Waals surface area contributed by atoms with Crippen molar-refractivity contribution in [3.8, 4) is 17.0 Å². The van der Waals surface area contributed by atoms with Crippen molar-refractivity contribution in [2.75, 3.05) is 19.0 Å². The number of halogens is 1. The summed E-state index contributed by atoms with van der Waals surface area (Å²) in [4.78, 5) is 27.6. The number of ether oxygens (including phenoxy) is 1. The first-order chi connectivity index (χ1) is 11.6. The summed E-state index contributed by atoms with van der Waals surface area (Å²) < 4.78 is 18.7. The summed E-state index contributed by atoms with van der Waals surface area (Å²) >= 11 is 1.27. The molecule has 2 heterocycles. The number of carbonyl (C=O) groups is 2. The van der Waals surface area contributed by atoms with Gasteiger partial charge in [0.1, 0.15) is 0 Å². The molecule has 2 aromatic rings. The minimum Gasteiger partial charge on any atom is -0.494 e. The van der Waals surface area contributed by atoms with Gasteiger partial charge in [0, 0.05) is 23.9 Å². The standard InChI is InChI=1S/C16H16FN3O3S/c1-23-13-4-2-9(6-11(13)17)12-8-24-16(19-12)20-15(22)10-3-5-14(21)18-7-10/h2,4,6,8,10H,3,5,7H2,1H3,(H,18,21)(H,19,20,22)/t10-/m0/s1. The Hall–Kier alpha value is -2.48. The van der Waals surface area contributed by atoms with Crippen LogP contribution in [0.15, 0.2) is 23.6 Å². The van der Waals surface area contributed by atoms with Gasteiger partial charge in [-0.05, 0) is 24.6 Å². The fraction of sp³-hybridized carbons (Fsp3) is 0.312. The molecule has 1 atom stereocenters. The van der Waals surface area contributed by atoms with Crippen LogP contribution < -0.4 is 15.4 Å². The Kier molecular flexibility index (Phi) is 4.75. The van der Waals surface area contributed by atoms with Crippen molar-refractivity contribution in [2.45, 2.75) is 12.8 Å². The van der Waals surface area contributed by atoms with Crippen LogP contribution in [-0.2, 0) is 9.59 Å². The van der Waals surface area contributed by atoms with Gasteiger partial charge in [-0.3, -0.25) is 9.59 Å². The van der Waals surface area contributed by atoms with E-state index in [1.54, 1.807) is 11.4 Å². The molecule has 1 aliphatic heterocycles. The summed E-state index contributed by atoms with van der Waals surface area (Å²) in [6.07, 6.45) is 0.881. The largest absolute Gasteiger partial charge is 0.494 e. The number of piperidine rings is 1. The molecule has 2 amide bonds. The molecule has 3 rings (SSSR count). The van der Waals surface area contributed by atoms with Gasteiger partial charge in [0.25, 0.3) is 0 Å². The molecule has 8 heteroatoms. The zero-order valence-electron chi connectivity index (χ0n) is 13.0.